The van der Waals surface area contributed by atoms with Crippen LogP contribution in [-0.4, -0.2) is 47.0 Å². The molecule has 0 atom stereocenters. The Morgan fingerprint density at radius 2 is 1.92 bits per heavy atom. The minimum absolute atomic E-state index is 0.0573. The number of nitrogens with two attached hydrogens (primary N) is 1. The highest BCUT2D eigenvalue weighted by Crippen LogP contribution is 2.17. The Bertz CT molecular complexity index is 723. The molecule has 0 saturated carbocycles. The summed E-state index contributed by atoms with van der Waals surface area (Å²) in [6.07, 6.45) is 0.0895. The van der Waals surface area contributed by atoms with Gasteiger partial charge in [-0.3, -0.25) is 4.79 Å². The van der Waals surface area contributed by atoms with Crippen molar-refractivity contribution in [2.45, 2.75) is 13.3 Å². The fraction of sp³-hybridized carbons (Fsp3) is 0.353. The van der Waals surface area contributed by atoms with Crippen molar-refractivity contribution in [3.63, 3.8) is 0 Å². The number of rotatable bonds is 3. The maximum atomic E-state index is 13.7. The van der Waals surface area contributed by atoms with E-state index in [9.17, 15) is 9.18 Å². The van der Waals surface area contributed by atoms with Gasteiger partial charge in [-0.05, 0) is 18.6 Å². The van der Waals surface area contributed by atoms with Crippen molar-refractivity contribution in [2.24, 2.45) is 0 Å². The van der Waals surface area contributed by atoms with E-state index in [0.29, 0.717) is 31.7 Å². The van der Waals surface area contributed by atoms with Crippen LogP contribution in [0.2, 0.25) is 0 Å². The average molecular weight is 329 g/mol. The minimum atomic E-state index is -0.337. The van der Waals surface area contributed by atoms with Crippen LogP contribution in [0.15, 0.2) is 30.3 Å². The summed E-state index contributed by atoms with van der Waals surface area (Å²) in [4.78, 5) is 24.5. The molecule has 1 aromatic heterocycles. The van der Waals surface area contributed by atoms with Crippen molar-refractivity contribution in [1.82, 2.24) is 14.9 Å². The van der Waals surface area contributed by atoms with E-state index in [1.165, 1.54) is 6.07 Å². The molecule has 126 valence electrons. The van der Waals surface area contributed by atoms with Gasteiger partial charge in [-0.1, -0.05) is 18.2 Å². The third-order valence-electron chi connectivity index (χ3n) is 4.11. The zero-order chi connectivity index (χ0) is 17.1. The number of carbonyl (C=O) groups is 1. The Labute approximate surface area is 140 Å². The standard InChI is InChI=1S/C17H20FN5O/c1-12-10-15(21-17(19)20-12)22-6-8-23(9-7-22)16(24)11-13-4-2-3-5-14(13)18/h2-5,10H,6-9,11H2,1H3,(H2,19,20,21). The molecule has 1 amide bonds. The van der Waals surface area contributed by atoms with Crippen molar-refractivity contribution in [2.75, 3.05) is 36.8 Å². The number of halogens is 1. The van der Waals surface area contributed by atoms with Crippen LogP contribution in [0, 0.1) is 12.7 Å². The maximum absolute atomic E-state index is 13.7. The van der Waals surface area contributed by atoms with E-state index in [0.717, 1.165) is 11.5 Å². The molecular formula is C17H20FN5O. The number of benzene rings is 1. The first-order valence-electron chi connectivity index (χ1n) is 7.90. The lowest BCUT2D eigenvalue weighted by Gasteiger charge is -2.35. The van der Waals surface area contributed by atoms with Crippen LogP contribution in [-0.2, 0) is 11.2 Å². The average Bonchev–Trinajstić information content (AvgIpc) is 2.56. The van der Waals surface area contributed by atoms with Crippen LogP contribution in [0.3, 0.4) is 0 Å². The second-order valence-corrected chi connectivity index (χ2v) is 5.86. The van der Waals surface area contributed by atoms with Gasteiger partial charge in [0.25, 0.3) is 0 Å². The van der Waals surface area contributed by atoms with Gasteiger partial charge in [0.2, 0.25) is 11.9 Å². The number of aryl methyl sites for hydroxylation is 1. The van der Waals surface area contributed by atoms with E-state index in [-0.39, 0.29) is 24.1 Å². The number of hydrogen-bond donors (Lipinski definition) is 1. The lowest BCUT2D eigenvalue weighted by atomic mass is 10.1. The number of anilines is 2. The Morgan fingerprint density at radius 3 is 2.58 bits per heavy atom. The van der Waals surface area contributed by atoms with Crippen molar-refractivity contribution in [3.05, 3.63) is 47.4 Å². The molecule has 3 rings (SSSR count). The third-order valence-corrected chi connectivity index (χ3v) is 4.11. The first-order valence-corrected chi connectivity index (χ1v) is 7.90. The molecule has 1 saturated heterocycles. The molecule has 7 heteroatoms. The molecule has 0 radical (unpaired) electrons. The lowest BCUT2D eigenvalue weighted by molar-refractivity contribution is -0.130. The predicted octanol–water partition coefficient (Wildman–Crippen LogP) is 1.40. The highest BCUT2D eigenvalue weighted by atomic mass is 19.1. The van der Waals surface area contributed by atoms with Crippen LogP contribution in [0.1, 0.15) is 11.3 Å². The minimum Gasteiger partial charge on any atom is -0.368 e. The van der Waals surface area contributed by atoms with Crippen LogP contribution in [0.5, 0.6) is 0 Å². The molecule has 0 unspecified atom stereocenters. The lowest BCUT2D eigenvalue weighted by Crippen LogP contribution is -2.49. The Balaban J connectivity index is 1.60. The number of piperazine rings is 1. The molecule has 6 nitrogen and oxygen atoms in total. The molecule has 0 aliphatic carbocycles. The summed E-state index contributed by atoms with van der Waals surface area (Å²) in [6.45, 7) is 4.36. The van der Waals surface area contributed by atoms with Crippen LogP contribution in [0.25, 0.3) is 0 Å². The van der Waals surface area contributed by atoms with Gasteiger partial charge in [0.1, 0.15) is 11.6 Å². The monoisotopic (exact) mass is 329 g/mol. The molecule has 0 spiro atoms. The SMILES string of the molecule is Cc1cc(N2CCN(C(=O)Cc3ccccc3F)CC2)nc(N)n1. The van der Waals surface area contributed by atoms with Gasteiger partial charge < -0.3 is 15.5 Å². The summed E-state index contributed by atoms with van der Waals surface area (Å²) in [5, 5.41) is 0. The molecule has 2 N–H and O–H groups in total. The number of amides is 1. The number of hydrogen-bond acceptors (Lipinski definition) is 5. The van der Waals surface area contributed by atoms with Crippen molar-refractivity contribution in [1.29, 1.82) is 0 Å². The summed E-state index contributed by atoms with van der Waals surface area (Å²) >= 11 is 0. The third kappa shape index (κ3) is 3.61. The Hall–Kier alpha value is -2.70. The second-order valence-electron chi connectivity index (χ2n) is 5.86. The van der Waals surface area contributed by atoms with E-state index in [1.807, 2.05) is 13.0 Å². The van der Waals surface area contributed by atoms with Crippen molar-refractivity contribution >= 4 is 17.7 Å². The number of nitrogen functional groups attached to an aromatic ring is 1. The van der Waals surface area contributed by atoms with Gasteiger partial charge in [0, 0.05) is 37.9 Å². The number of nitrogens with zero attached hydrogens (tertiary/aromatic N) is 4. The molecule has 1 aromatic carbocycles. The van der Waals surface area contributed by atoms with E-state index in [2.05, 4.69) is 14.9 Å². The van der Waals surface area contributed by atoms with Crippen molar-refractivity contribution in [3.8, 4) is 0 Å². The largest absolute Gasteiger partial charge is 0.368 e. The zero-order valence-electron chi connectivity index (χ0n) is 13.6. The molecular weight excluding hydrogens is 309 g/mol. The summed E-state index contributed by atoms with van der Waals surface area (Å²) < 4.78 is 13.7. The first-order chi connectivity index (χ1) is 11.5. The molecule has 1 aliphatic heterocycles. The summed E-state index contributed by atoms with van der Waals surface area (Å²) in [5.41, 5.74) is 6.94. The second kappa shape index (κ2) is 6.82. The fourth-order valence-corrected chi connectivity index (χ4v) is 2.84. The number of carbonyl (C=O) groups excluding carboxylic acids is 1. The fourth-order valence-electron chi connectivity index (χ4n) is 2.84. The molecule has 1 aliphatic rings. The van der Waals surface area contributed by atoms with Gasteiger partial charge in [-0.15, -0.1) is 0 Å². The van der Waals surface area contributed by atoms with E-state index >= 15 is 0 Å². The van der Waals surface area contributed by atoms with Gasteiger partial charge in [-0.2, -0.15) is 4.98 Å². The van der Waals surface area contributed by atoms with Crippen LogP contribution < -0.4 is 10.6 Å². The molecule has 24 heavy (non-hydrogen) atoms. The molecule has 1 fully saturated rings. The van der Waals surface area contributed by atoms with Gasteiger partial charge in [0.05, 0.1) is 6.42 Å². The van der Waals surface area contributed by atoms with E-state index in [1.54, 1.807) is 23.1 Å². The van der Waals surface area contributed by atoms with E-state index < -0.39 is 0 Å². The Morgan fingerprint density at radius 1 is 1.21 bits per heavy atom. The number of aromatic nitrogens is 2. The molecule has 2 heterocycles. The zero-order valence-corrected chi connectivity index (χ0v) is 13.6. The maximum Gasteiger partial charge on any atom is 0.227 e. The predicted molar refractivity (Wildman–Crippen MR) is 90.1 cm³/mol. The highest BCUT2D eigenvalue weighted by Gasteiger charge is 2.23. The highest BCUT2D eigenvalue weighted by molar-refractivity contribution is 5.79. The topological polar surface area (TPSA) is 75.3 Å². The Kier molecular flexibility index (Phi) is 4.59. The first kappa shape index (κ1) is 16.2. The summed E-state index contributed by atoms with van der Waals surface area (Å²) in [6, 6.07) is 8.27. The van der Waals surface area contributed by atoms with E-state index in [4.69, 9.17) is 5.73 Å². The normalized spacial score (nSPS) is 14.8. The van der Waals surface area contributed by atoms with Crippen LogP contribution in [0.4, 0.5) is 16.2 Å². The van der Waals surface area contributed by atoms with Crippen molar-refractivity contribution < 1.29 is 9.18 Å². The summed E-state index contributed by atoms with van der Waals surface area (Å²) in [7, 11) is 0. The summed E-state index contributed by atoms with van der Waals surface area (Å²) in [5.74, 6) is 0.638. The smallest absolute Gasteiger partial charge is 0.227 e. The quantitative estimate of drug-likeness (QED) is 0.921. The molecule has 2 aromatic rings. The van der Waals surface area contributed by atoms with Gasteiger partial charge in [0.15, 0.2) is 0 Å². The molecule has 0 bridgehead atoms. The van der Waals surface area contributed by atoms with Gasteiger partial charge >= 0.3 is 0 Å². The van der Waals surface area contributed by atoms with Crippen LogP contribution >= 0.6 is 0 Å². The van der Waals surface area contributed by atoms with Gasteiger partial charge in [-0.25, -0.2) is 9.37 Å².